The molecule has 1 fully saturated rings. The van der Waals surface area contributed by atoms with Gasteiger partial charge in [-0.05, 0) is 49.6 Å². The van der Waals surface area contributed by atoms with E-state index in [1.165, 1.54) is 0 Å². The van der Waals surface area contributed by atoms with Gasteiger partial charge in [0, 0.05) is 32.4 Å². The van der Waals surface area contributed by atoms with E-state index < -0.39 is 0 Å². The molecule has 1 saturated heterocycles. The van der Waals surface area contributed by atoms with Crippen LogP contribution in [-0.2, 0) is 0 Å². The van der Waals surface area contributed by atoms with Gasteiger partial charge in [0.25, 0.3) is 0 Å². The highest BCUT2D eigenvalue weighted by Crippen LogP contribution is 2.24. The van der Waals surface area contributed by atoms with Gasteiger partial charge in [-0.15, -0.1) is 0 Å². The van der Waals surface area contributed by atoms with E-state index in [1.54, 1.807) is 31.6 Å². The van der Waals surface area contributed by atoms with E-state index >= 15 is 0 Å². The molecule has 6 nitrogen and oxygen atoms in total. The summed E-state index contributed by atoms with van der Waals surface area (Å²) in [7, 11) is 1.75. The SMILES string of the molecule is CN=C(NCCOc1cccnc1)NC1CCCN(c2cc(C)ccc2F)C1. The number of pyridine rings is 1. The third-order valence-corrected chi connectivity index (χ3v) is 4.73. The summed E-state index contributed by atoms with van der Waals surface area (Å²) in [5.41, 5.74) is 1.75. The van der Waals surface area contributed by atoms with E-state index in [0.29, 0.717) is 18.8 Å². The molecular formula is C21H28FN5O. The van der Waals surface area contributed by atoms with Crippen LogP contribution in [0.5, 0.6) is 5.75 Å². The van der Waals surface area contributed by atoms with Crippen LogP contribution in [-0.4, -0.2) is 50.3 Å². The van der Waals surface area contributed by atoms with Crippen molar-refractivity contribution in [3.05, 3.63) is 54.1 Å². The second kappa shape index (κ2) is 9.92. The van der Waals surface area contributed by atoms with Gasteiger partial charge in [-0.25, -0.2) is 4.39 Å². The monoisotopic (exact) mass is 385 g/mol. The molecule has 0 saturated carbocycles. The first-order valence-electron chi connectivity index (χ1n) is 9.67. The Kier molecular flexibility index (Phi) is 7.06. The van der Waals surface area contributed by atoms with Crippen LogP contribution in [0.4, 0.5) is 10.1 Å². The molecule has 1 aromatic carbocycles. The summed E-state index contributed by atoms with van der Waals surface area (Å²) in [5.74, 6) is 1.31. The standard InChI is InChI=1S/C21H28FN5O/c1-16-7-8-19(22)20(13-16)27-11-4-5-17(15-27)26-21(23-2)25-10-12-28-18-6-3-9-24-14-18/h3,6-9,13-14,17H,4-5,10-12,15H2,1-2H3,(H2,23,25,26). The van der Waals surface area contributed by atoms with Crippen molar-refractivity contribution in [3.63, 3.8) is 0 Å². The fourth-order valence-corrected chi connectivity index (χ4v) is 3.34. The molecule has 7 heteroatoms. The smallest absolute Gasteiger partial charge is 0.191 e. The van der Waals surface area contributed by atoms with E-state index in [-0.39, 0.29) is 11.9 Å². The van der Waals surface area contributed by atoms with E-state index in [0.717, 1.165) is 43.2 Å². The molecule has 1 aromatic heterocycles. The second-order valence-corrected chi connectivity index (χ2v) is 6.92. The summed E-state index contributed by atoms with van der Waals surface area (Å²) in [4.78, 5) is 10.4. The Bertz CT molecular complexity index is 784. The van der Waals surface area contributed by atoms with Crippen LogP contribution < -0.4 is 20.3 Å². The topological polar surface area (TPSA) is 61.8 Å². The number of aromatic nitrogens is 1. The molecule has 150 valence electrons. The van der Waals surface area contributed by atoms with E-state index in [1.807, 2.05) is 25.1 Å². The lowest BCUT2D eigenvalue weighted by Gasteiger charge is -2.35. The van der Waals surface area contributed by atoms with E-state index in [4.69, 9.17) is 4.74 Å². The van der Waals surface area contributed by atoms with Crippen molar-refractivity contribution >= 4 is 11.6 Å². The number of nitrogens with zero attached hydrogens (tertiary/aromatic N) is 3. The summed E-state index contributed by atoms with van der Waals surface area (Å²) in [5, 5.41) is 6.71. The van der Waals surface area contributed by atoms with Crippen LogP contribution in [0.1, 0.15) is 18.4 Å². The Morgan fingerprint density at radius 2 is 2.29 bits per heavy atom. The van der Waals surface area contributed by atoms with Crippen LogP contribution in [0.2, 0.25) is 0 Å². The molecule has 1 aliphatic heterocycles. The maximum absolute atomic E-state index is 14.2. The second-order valence-electron chi connectivity index (χ2n) is 6.92. The van der Waals surface area contributed by atoms with Crippen molar-refractivity contribution in [2.75, 3.05) is 38.2 Å². The molecule has 1 aliphatic rings. The number of hydrogen-bond acceptors (Lipinski definition) is 4. The summed E-state index contributed by atoms with van der Waals surface area (Å²) in [6, 6.07) is 9.19. The third-order valence-electron chi connectivity index (χ3n) is 4.73. The number of aliphatic imine (C=N–C) groups is 1. The Hall–Kier alpha value is -2.83. The number of benzene rings is 1. The van der Waals surface area contributed by atoms with E-state index in [2.05, 4.69) is 25.5 Å². The largest absolute Gasteiger partial charge is 0.490 e. The molecule has 1 atom stereocenters. The normalized spacial score (nSPS) is 17.3. The molecule has 2 N–H and O–H groups in total. The van der Waals surface area contributed by atoms with Crippen molar-refractivity contribution < 1.29 is 9.13 Å². The van der Waals surface area contributed by atoms with Crippen LogP contribution in [0, 0.1) is 12.7 Å². The zero-order valence-electron chi connectivity index (χ0n) is 16.5. The minimum atomic E-state index is -0.165. The van der Waals surface area contributed by atoms with Crippen molar-refractivity contribution in [2.24, 2.45) is 4.99 Å². The number of piperidine rings is 1. The number of ether oxygens (including phenoxy) is 1. The minimum absolute atomic E-state index is 0.165. The third kappa shape index (κ3) is 5.58. The molecule has 0 bridgehead atoms. The van der Waals surface area contributed by atoms with Gasteiger partial charge >= 0.3 is 0 Å². The van der Waals surface area contributed by atoms with Crippen LogP contribution >= 0.6 is 0 Å². The molecule has 1 unspecified atom stereocenters. The van der Waals surface area contributed by atoms with Crippen molar-refractivity contribution in [1.29, 1.82) is 0 Å². The first-order valence-corrected chi connectivity index (χ1v) is 9.67. The molecule has 0 aliphatic carbocycles. The fourth-order valence-electron chi connectivity index (χ4n) is 3.34. The van der Waals surface area contributed by atoms with Gasteiger partial charge in [0.1, 0.15) is 18.2 Å². The number of hydrogen-bond donors (Lipinski definition) is 2. The average Bonchev–Trinajstić information content (AvgIpc) is 2.73. The van der Waals surface area contributed by atoms with Gasteiger partial charge in [-0.2, -0.15) is 0 Å². The van der Waals surface area contributed by atoms with Crippen molar-refractivity contribution in [2.45, 2.75) is 25.8 Å². The molecular weight excluding hydrogens is 357 g/mol. The predicted molar refractivity (Wildman–Crippen MR) is 111 cm³/mol. The quantitative estimate of drug-likeness (QED) is 0.455. The lowest BCUT2D eigenvalue weighted by molar-refractivity contribution is 0.320. The molecule has 3 rings (SSSR count). The van der Waals surface area contributed by atoms with E-state index in [9.17, 15) is 4.39 Å². The van der Waals surface area contributed by atoms with Gasteiger partial charge in [-0.1, -0.05) is 6.07 Å². The highest BCUT2D eigenvalue weighted by Gasteiger charge is 2.22. The van der Waals surface area contributed by atoms with Gasteiger partial charge in [0.2, 0.25) is 0 Å². The van der Waals surface area contributed by atoms with Gasteiger partial charge < -0.3 is 20.3 Å². The molecule has 28 heavy (non-hydrogen) atoms. The highest BCUT2D eigenvalue weighted by atomic mass is 19.1. The summed E-state index contributed by atoms with van der Waals surface area (Å²) >= 11 is 0. The summed E-state index contributed by atoms with van der Waals surface area (Å²) < 4.78 is 19.9. The number of anilines is 1. The molecule has 0 spiro atoms. The Morgan fingerprint density at radius 3 is 3.07 bits per heavy atom. The lowest BCUT2D eigenvalue weighted by Crippen LogP contribution is -2.51. The van der Waals surface area contributed by atoms with Gasteiger partial charge in [-0.3, -0.25) is 9.98 Å². The van der Waals surface area contributed by atoms with Gasteiger partial charge in [0.15, 0.2) is 5.96 Å². The molecule has 2 aromatic rings. The Morgan fingerprint density at radius 1 is 1.39 bits per heavy atom. The van der Waals surface area contributed by atoms with Crippen LogP contribution in [0.15, 0.2) is 47.7 Å². The predicted octanol–water partition coefficient (Wildman–Crippen LogP) is 2.74. The zero-order chi connectivity index (χ0) is 19.8. The van der Waals surface area contributed by atoms with Crippen molar-refractivity contribution in [3.8, 4) is 5.75 Å². The van der Waals surface area contributed by atoms with Gasteiger partial charge in [0.05, 0.1) is 18.4 Å². The minimum Gasteiger partial charge on any atom is -0.490 e. The maximum Gasteiger partial charge on any atom is 0.191 e. The summed E-state index contributed by atoms with van der Waals surface area (Å²) in [6.07, 6.45) is 5.43. The molecule has 0 radical (unpaired) electrons. The highest BCUT2D eigenvalue weighted by molar-refractivity contribution is 5.80. The number of rotatable bonds is 6. The number of nitrogens with one attached hydrogen (secondary N) is 2. The number of halogens is 1. The summed E-state index contributed by atoms with van der Waals surface area (Å²) in [6.45, 7) is 4.73. The maximum atomic E-state index is 14.2. The molecule has 0 amide bonds. The van der Waals surface area contributed by atoms with Crippen LogP contribution in [0.3, 0.4) is 0 Å². The first kappa shape index (κ1) is 19.9. The van der Waals surface area contributed by atoms with Crippen LogP contribution in [0.25, 0.3) is 0 Å². The lowest BCUT2D eigenvalue weighted by atomic mass is 10.0. The Labute approximate surface area is 165 Å². The number of aryl methyl sites for hydroxylation is 1. The Balaban J connectivity index is 1.48. The fraction of sp³-hybridized carbons (Fsp3) is 0.429. The number of guanidine groups is 1. The first-order chi connectivity index (χ1) is 13.7. The molecule has 2 heterocycles. The van der Waals surface area contributed by atoms with Crippen molar-refractivity contribution in [1.82, 2.24) is 15.6 Å². The average molecular weight is 385 g/mol. The zero-order valence-corrected chi connectivity index (χ0v) is 16.5.